The highest BCUT2D eigenvalue weighted by molar-refractivity contribution is 6.32. The summed E-state index contributed by atoms with van der Waals surface area (Å²) in [7, 11) is 0. The lowest BCUT2D eigenvalue weighted by atomic mass is 9.80. The summed E-state index contributed by atoms with van der Waals surface area (Å²) in [4.78, 5) is 10.6. The third kappa shape index (κ3) is 7.29. The Bertz CT molecular complexity index is 1270. The zero-order valence-corrected chi connectivity index (χ0v) is 25.3. The van der Waals surface area contributed by atoms with E-state index in [4.69, 9.17) is 28.2 Å². The number of hydrogen-bond acceptors (Lipinski definition) is 4. The maximum absolute atomic E-state index is 12.1. The lowest BCUT2D eigenvalue weighted by Crippen LogP contribution is -2.53. The highest BCUT2D eigenvalue weighted by Gasteiger charge is 2.40. The fourth-order valence-corrected chi connectivity index (χ4v) is 5.73. The Morgan fingerprint density at radius 2 is 1.31 bits per heavy atom. The van der Waals surface area contributed by atoms with Gasteiger partial charge in [0.2, 0.25) is 0 Å². The van der Waals surface area contributed by atoms with Crippen LogP contribution in [0.15, 0.2) is 78.9 Å². The number of benzene rings is 3. The smallest absolute Gasteiger partial charge is 0.137 e. The van der Waals surface area contributed by atoms with Gasteiger partial charge in [-0.05, 0) is 30.2 Å². The molecule has 210 valence electrons. The molecule has 3 N–H and O–H groups in total. The first kappa shape index (κ1) is 33.4. The number of imidazole rings is 1. The Morgan fingerprint density at radius 3 is 1.85 bits per heavy atom. The summed E-state index contributed by atoms with van der Waals surface area (Å²) in [5.41, 5.74) is 4.34. The van der Waals surface area contributed by atoms with E-state index in [1.54, 1.807) is 0 Å². The summed E-state index contributed by atoms with van der Waals surface area (Å²) in [6, 6.07) is 25.3. The molecule has 39 heavy (non-hydrogen) atoms. The number of aliphatic hydroxyl groups excluding tert-OH is 1. The molecule has 0 radical (unpaired) electrons. The van der Waals surface area contributed by atoms with Crippen LogP contribution in [0.3, 0.4) is 0 Å². The normalized spacial score (nSPS) is 15.0. The summed E-state index contributed by atoms with van der Waals surface area (Å²) in [5, 5.41) is 16.8. The summed E-state index contributed by atoms with van der Waals surface area (Å²) >= 11 is 13.6. The number of H-pyrrole nitrogens is 1. The third-order valence-corrected chi connectivity index (χ3v) is 7.66. The molecule has 2 atom stereocenters. The molecule has 1 aliphatic heterocycles. The van der Waals surface area contributed by atoms with E-state index in [1.807, 2.05) is 85.8 Å². The highest BCUT2D eigenvalue weighted by atomic mass is 35.5. The molecule has 5 nitrogen and oxygen atoms in total. The highest BCUT2D eigenvalue weighted by Crippen LogP contribution is 2.43. The summed E-state index contributed by atoms with van der Waals surface area (Å²) in [6.45, 7) is 5.24. The molecule has 1 saturated heterocycles. The Kier molecular flexibility index (Phi) is 13.1. The van der Waals surface area contributed by atoms with E-state index in [0.717, 1.165) is 54.4 Å². The Morgan fingerprint density at radius 1 is 0.795 bits per heavy atom. The molecule has 1 aromatic heterocycles. The minimum absolute atomic E-state index is 0. The number of halogens is 5. The van der Waals surface area contributed by atoms with Crippen LogP contribution in [0.25, 0.3) is 11.4 Å². The molecule has 0 amide bonds. The molecular weight excluding hydrogens is 598 g/mol. The van der Waals surface area contributed by atoms with Crippen LogP contribution >= 0.6 is 60.4 Å². The Balaban J connectivity index is 0.00000178. The van der Waals surface area contributed by atoms with Crippen molar-refractivity contribution >= 4 is 60.4 Å². The van der Waals surface area contributed by atoms with Crippen molar-refractivity contribution in [3.05, 3.63) is 111 Å². The Hall–Kier alpha value is -1.80. The number of nitrogens with one attached hydrogen (secondary N) is 2. The molecule has 0 aliphatic carbocycles. The SMILES string of the molecule is Cc1[nH]c(-c2ccccc2)nc1C(O)C(C(c1ccccc1Cl)c1ccccc1Cl)N1CCNCC1.Cl.Cl.Cl. The van der Waals surface area contributed by atoms with E-state index in [-0.39, 0.29) is 49.2 Å². The standard InChI is InChI=1S/C29H30Cl2N4O.3ClH/c1-19-26(34-29(33-19)20-9-3-2-4-10-20)28(36)27(35-17-15-32-16-18-35)25(21-11-5-7-13-23(21)30)22-12-6-8-14-24(22)31;;;/h2-14,25,27-28,32,36H,15-18H2,1H3,(H,33,34);3*1H. The monoisotopic (exact) mass is 628 g/mol. The zero-order valence-electron chi connectivity index (χ0n) is 21.4. The van der Waals surface area contributed by atoms with E-state index < -0.39 is 6.10 Å². The van der Waals surface area contributed by atoms with Gasteiger partial charge >= 0.3 is 0 Å². The number of nitrogens with zero attached hydrogens (tertiary/aromatic N) is 2. The van der Waals surface area contributed by atoms with Crippen molar-refractivity contribution < 1.29 is 5.11 Å². The van der Waals surface area contributed by atoms with Crippen LogP contribution in [0.1, 0.15) is 34.5 Å². The fraction of sp³-hybridized carbons (Fsp3) is 0.276. The van der Waals surface area contributed by atoms with Crippen LogP contribution in [-0.4, -0.2) is 52.2 Å². The van der Waals surface area contributed by atoms with Crippen LogP contribution in [0.5, 0.6) is 0 Å². The molecule has 0 spiro atoms. The summed E-state index contributed by atoms with van der Waals surface area (Å²) < 4.78 is 0. The zero-order chi connectivity index (χ0) is 25.1. The maximum Gasteiger partial charge on any atom is 0.137 e. The van der Waals surface area contributed by atoms with Crippen LogP contribution in [-0.2, 0) is 0 Å². The van der Waals surface area contributed by atoms with Crippen molar-refractivity contribution in [1.29, 1.82) is 0 Å². The van der Waals surface area contributed by atoms with Crippen molar-refractivity contribution in [2.75, 3.05) is 26.2 Å². The topological polar surface area (TPSA) is 64.2 Å². The van der Waals surface area contributed by atoms with Gasteiger partial charge in [0.25, 0.3) is 0 Å². The van der Waals surface area contributed by atoms with Gasteiger partial charge in [-0.15, -0.1) is 37.2 Å². The second-order valence-corrected chi connectivity index (χ2v) is 10.0. The number of aryl methyl sites for hydroxylation is 1. The molecule has 1 aliphatic rings. The molecule has 10 heteroatoms. The van der Waals surface area contributed by atoms with Crippen LogP contribution in [0.4, 0.5) is 0 Å². The van der Waals surface area contributed by atoms with Crippen molar-refractivity contribution in [2.24, 2.45) is 0 Å². The van der Waals surface area contributed by atoms with Gasteiger partial charge in [0, 0.05) is 53.4 Å². The van der Waals surface area contributed by atoms with Gasteiger partial charge < -0.3 is 15.4 Å². The van der Waals surface area contributed by atoms with E-state index in [2.05, 4.69) is 15.2 Å². The summed E-state index contributed by atoms with van der Waals surface area (Å²) in [6.07, 6.45) is -0.880. The van der Waals surface area contributed by atoms with Crippen molar-refractivity contribution in [3.8, 4) is 11.4 Å². The number of rotatable bonds is 7. The summed E-state index contributed by atoms with van der Waals surface area (Å²) in [5.74, 6) is 0.477. The van der Waals surface area contributed by atoms with Gasteiger partial charge in [-0.25, -0.2) is 4.98 Å². The molecule has 5 rings (SSSR count). The number of aromatic amines is 1. The Labute approximate surface area is 258 Å². The van der Waals surface area contributed by atoms with Gasteiger partial charge in [-0.3, -0.25) is 4.90 Å². The third-order valence-electron chi connectivity index (χ3n) is 6.97. The van der Waals surface area contributed by atoms with Crippen LogP contribution in [0, 0.1) is 6.92 Å². The van der Waals surface area contributed by atoms with Gasteiger partial charge in [-0.2, -0.15) is 0 Å². The van der Waals surface area contributed by atoms with Crippen molar-refractivity contribution in [3.63, 3.8) is 0 Å². The predicted octanol–water partition coefficient (Wildman–Crippen LogP) is 7.10. The maximum atomic E-state index is 12.1. The van der Waals surface area contributed by atoms with E-state index in [9.17, 15) is 5.11 Å². The van der Waals surface area contributed by atoms with Crippen molar-refractivity contribution in [2.45, 2.75) is 25.0 Å². The number of aromatic nitrogens is 2. The first-order valence-electron chi connectivity index (χ1n) is 12.3. The van der Waals surface area contributed by atoms with E-state index >= 15 is 0 Å². The quantitative estimate of drug-likeness (QED) is 0.204. The van der Waals surface area contributed by atoms with Gasteiger partial charge in [-0.1, -0.05) is 89.9 Å². The largest absolute Gasteiger partial charge is 0.385 e. The number of aliphatic hydroxyl groups is 1. The molecule has 0 saturated carbocycles. The minimum atomic E-state index is -0.880. The van der Waals surface area contributed by atoms with Gasteiger partial charge in [0.15, 0.2) is 0 Å². The average Bonchev–Trinajstić information content (AvgIpc) is 3.31. The van der Waals surface area contributed by atoms with Crippen molar-refractivity contribution in [1.82, 2.24) is 20.2 Å². The minimum Gasteiger partial charge on any atom is -0.385 e. The number of hydrogen-bond donors (Lipinski definition) is 3. The van der Waals surface area contributed by atoms with Crippen LogP contribution in [0.2, 0.25) is 10.0 Å². The molecule has 0 bridgehead atoms. The lowest BCUT2D eigenvalue weighted by molar-refractivity contribution is 0.0295. The molecule has 4 aromatic rings. The molecule has 2 heterocycles. The molecule has 2 unspecified atom stereocenters. The fourth-order valence-electron chi connectivity index (χ4n) is 5.22. The van der Waals surface area contributed by atoms with E-state index in [1.165, 1.54) is 0 Å². The number of piperazine rings is 1. The van der Waals surface area contributed by atoms with Gasteiger partial charge in [0.05, 0.1) is 11.7 Å². The first-order valence-corrected chi connectivity index (χ1v) is 13.0. The van der Waals surface area contributed by atoms with Gasteiger partial charge in [0.1, 0.15) is 11.9 Å². The average molecular weight is 631 g/mol. The van der Waals surface area contributed by atoms with E-state index in [0.29, 0.717) is 15.7 Å². The molecule has 1 fully saturated rings. The molecular formula is C29H33Cl5N4O. The lowest BCUT2D eigenvalue weighted by Gasteiger charge is -2.42. The predicted molar refractivity (Wildman–Crippen MR) is 168 cm³/mol. The first-order chi connectivity index (χ1) is 17.5. The van der Waals surface area contributed by atoms with Crippen LogP contribution < -0.4 is 5.32 Å². The second kappa shape index (κ2) is 15.3. The molecule has 3 aromatic carbocycles. The second-order valence-electron chi connectivity index (χ2n) is 9.20.